The molecule has 1 unspecified atom stereocenters. The lowest BCUT2D eigenvalue weighted by Crippen LogP contribution is -2.40. The minimum Gasteiger partial charge on any atom is -0.380 e. The SMILES string of the molecule is CNCc1c(C)nn(C)c1N1CCCC(OC)C1. The highest BCUT2D eigenvalue weighted by molar-refractivity contribution is 5.50. The van der Waals surface area contributed by atoms with Crippen molar-refractivity contribution in [2.75, 3.05) is 32.1 Å². The van der Waals surface area contributed by atoms with Crippen molar-refractivity contribution in [3.8, 4) is 0 Å². The number of rotatable bonds is 4. The highest BCUT2D eigenvalue weighted by Gasteiger charge is 2.25. The first-order chi connectivity index (χ1) is 8.67. The second-order valence-corrected chi connectivity index (χ2v) is 4.99. The first-order valence-corrected chi connectivity index (χ1v) is 6.62. The van der Waals surface area contributed by atoms with E-state index in [9.17, 15) is 0 Å². The number of hydrogen-bond acceptors (Lipinski definition) is 4. The number of nitrogens with zero attached hydrogens (tertiary/aromatic N) is 3. The molecule has 0 spiro atoms. The number of aryl methyl sites for hydroxylation is 2. The number of hydrogen-bond donors (Lipinski definition) is 1. The fraction of sp³-hybridized carbons (Fsp3) is 0.769. The zero-order valence-corrected chi connectivity index (χ0v) is 11.9. The maximum atomic E-state index is 5.50. The Morgan fingerprint density at radius 1 is 1.50 bits per heavy atom. The van der Waals surface area contributed by atoms with Gasteiger partial charge in [-0.05, 0) is 26.8 Å². The summed E-state index contributed by atoms with van der Waals surface area (Å²) in [7, 11) is 5.81. The molecule has 0 amide bonds. The van der Waals surface area contributed by atoms with Gasteiger partial charge in [-0.15, -0.1) is 0 Å². The summed E-state index contributed by atoms with van der Waals surface area (Å²) < 4.78 is 7.50. The van der Waals surface area contributed by atoms with Crippen LogP contribution in [-0.2, 0) is 18.3 Å². The van der Waals surface area contributed by atoms with Gasteiger partial charge in [0.2, 0.25) is 0 Å². The Morgan fingerprint density at radius 3 is 2.94 bits per heavy atom. The predicted octanol–water partition coefficient (Wildman–Crippen LogP) is 1.06. The number of methoxy groups -OCH3 is 1. The van der Waals surface area contributed by atoms with Crippen molar-refractivity contribution in [2.45, 2.75) is 32.4 Å². The van der Waals surface area contributed by atoms with Crippen LogP contribution in [0.4, 0.5) is 5.82 Å². The maximum absolute atomic E-state index is 5.50. The fourth-order valence-corrected chi connectivity index (χ4v) is 2.79. The van der Waals surface area contributed by atoms with Crippen molar-refractivity contribution in [2.24, 2.45) is 7.05 Å². The van der Waals surface area contributed by atoms with Crippen LogP contribution in [0.1, 0.15) is 24.1 Å². The quantitative estimate of drug-likeness (QED) is 0.870. The van der Waals surface area contributed by atoms with Gasteiger partial charge in [-0.2, -0.15) is 5.10 Å². The molecule has 102 valence electrons. The highest BCUT2D eigenvalue weighted by Crippen LogP contribution is 2.26. The van der Waals surface area contributed by atoms with E-state index in [-0.39, 0.29) is 0 Å². The summed E-state index contributed by atoms with van der Waals surface area (Å²) in [5, 5.41) is 7.78. The van der Waals surface area contributed by atoms with E-state index in [1.807, 2.05) is 18.8 Å². The van der Waals surface area contributed by atoms with Crippen LogP contribution in [-0.4, -0.2) is 43.1 Å². The van der Waals surface area contributed by atoms with Crippen LogP contribution in [0, 0.1) is 6.92 Å². The number of ether oxygens (including phenoxy) is 1. The lowest BCUT2D eigenvalue weighted by molar-refractivity contribution is 0.0889. The van der Waals surface area contributed by atoms with Crippen molar-refractivity contribution >= 4 is 5.82 Å². The van der Waals surface area contributed by atoms with Gasteiger partial charge in [0.1, 0.15) is 5.82 Å². The highest BCUT2D eigenvalue weighted by atomic mass is 16.5. The summed E-state index contributed by atoms with van der Waals surface area (Å²) in [4.78, 5) is 2.41. The third kappa shape index (κ3) is 2.52. The molecule has 1 N–H and O–H groups in total. The normalized spacial score (nSPS) is 20.4. The summed E-state index contributed by atoms with van der Waals surface area (Å²) in [6.07, 6.45) is 2.68. The Labute approximate surface area is 109 Å². The number of anilines is 1. The Hall–Kier alpha value is -1.07. The molecule has 1 aromatic heterocycles. The average molecular weight is 252 g/mol. The molecular formula is C13H24N4O. The van der Waals surface area contributed by atoms with Crippen molar-refractivity contribution in [3.63, 3.8) is 0 Å². The van der Waals surface area contributed by atoms with Gasteiger partial charge in [0.25, 0.3) is 0 Å². The van der Waals surface area contributed by atoms with Crippen molar-refractivity contribution in [1.29, 1.82) is 0 Å². The molecule has 0 saturated carbocycles. The third-order valence-corrected chi connectivity index (χ3v) is 3.68. The molecule has 1 aliphatic heterocycles. The summed E-state index contributed by atoms with van der Waals surface area (Å²) in [6, 6.07) is 0. The molecule has 1 fully saturated rings. The molecule has 0 bridgehead atoms. The summed E-state index contributed by atoms with van der Waals surface area (Å²) in [5.74, 6) is 1.24. The van der Waals surface area contributed by atoms with Crippen molar-refractivity contribution < 1.29 is 4.74 Å². The summed E-state index contributed by atoms with van der Waals surface area (Å²) in [6.45, 7) is 5.00. The molecule has 0 aromatic carbocycles. The standard InChI is InChI=1S/C13H24N4O/c1-10-12(8-14-2)13(16(3)15-10)17-7-5-6-11(9-17)18-4/h11,14H,5-9H2,1-4H3. The van der Waals surface area contributed by atoms with Crippen LogP contribution in [0.25, 0.3) is 0 Å². The molecule has 1 aromatic rings. The van der Waals surface area contributed by atoms with Crippen molar-refractivity contribution in [1.82, 2.24) is 15.1 Å². The maximum Gasteiger partial charge on any atom is 0.131 e. The Bertz CT molecular complexity index is 402. The zero-order chi connectivity index (χ0) is 13.1. The molecule has 1 aliphatic rings. The third-order valence-electron chi connectivity index (χ3n) is 3.68. The van der Waals surface area contributed by atoms with Crippen LogP contribution in [0.3, 0.4) is 0 Å². The molecule has 5 heteroatoms. The minimum atomic E-state index is 0.344. The molecule has 0 aliphatic carbocycles. The molecular weight excluding hydrogens is 228 g/mol. The van der Waals surface area contributed by atoms with Crippen LogP contribution < -0.4 is 10.2 Å². The largest absolute Gasteiger partial charge is 0.380 e. The van der Waals surface area contributed by atoms with E-state index in [2.05, 4.69) is 22.2 Å². The lowest BCUT2D eigenvalue weighted by Gasteiger charge is -2.34. The van der Waals surface area contributed by atoms with E-state index in [1.165, 1.54) is 17.8 Å². The molecule has 18 heavy (non-hydrogen) atoms. The van der Waals surface area contributed by atoms with Gasteiger partial charge >= 0.3 is 0 Å². The molecule has 1 atom stereocenters. The predicted molar refractivity (Wildman–Crippen MR) is 73.0 cm³/mol. The van der Waals surface area contributed by atoms with E-state index in [1.54, 1.807) is 7.11 Å². The molecule has 5 nitrogen and oxygen atoms in total. The fourth-order valence-electron chi connectivity index (χ4n) is 2.79. The zero-order valence-electron chi connectivity index (χ0n) is 11.9. The van der Waals surface area contributed by atoms with Gasteiger partial charge < -0.3 is 15.0 Å². The monoisotopic (exact) mass is 252 g/mol. The van der Waals surface area contributed by atoms with Gasteiger partial charge in [-0.1, -0.05) is 0 Å². The van der Waals surface area contributed by atoms with Crippen LogP contribution in [0.5, 0.6) is 0 Å². The Kier molecular flexibility index (Phi) is 4.24. The van der Waals surface area contributed by atoms with Gasteiger partial charge in [0.05, 0.1) is 11.8 Å². The molecule has 1 saturated heterocycles. The second kappa shape index (κ2) is 5.71. The van der Waals surface area contributed by atoms with Gasteiger partial charge in [-0.3, -0.25) is 4.68 Å². The van der Waals surface area contributed by atoms with Crippen molar-refractivity contribution in [3.05, 3.63) is 11.3 Å². The topological polar surface area (TPSA) is 42.3 Å². The van der Waals surface area contributed by atoms with Crippen LogP contribution >= 0.6 is 0 Å². The lowest BCUT2D eigenvalue weighted by atomic mass is 10.1. The van der Waals surface area contributed by atoms with Gasteiger partial charge in [0, 0.05) is 39.4 Å². The summed E-state index contributed by atoms with van der Waals surface area (Å²) >= 11 is 0. The summed E-state index contributed by atoms with van der Waals surface area (Å²) in [5.41, 5.74) is 2.41. The van der Waals surface area contributed by atoms with Gasteiger partial charge in [0.15, 0.2) is 0 Å². The van der Waals surface area contributed by atoms with Crippen LogP contribution in [0.2, 0.25) is 0 Å². The Morgan fingerprint density at radius 2 is 2.28 bits per heavy atom. The molecule has 2 rings (SSSR count). The van der Waals surface area contributed by atoms with E-state index >= 15 is 0 Å². The minimum absolute atomic E-state index is 0.344. The molecule has 0 radical (unpaired) electrons. The number of aromatic nitrogens is 2. The van der Waals surface area contributed by atoms with Crippen LogP contribution in [0.15, 0.2) is 0 Å². The molecule has 2 heterocycles. The van der Waals surface area contributed by atoms with Gasteiger partial charge in [-0.25, -0.2) is 0 Å². The Balaban J connectivity index is 2.25. The first kappa shape index (κ1) is 13.4. The second-order valence-electron chi connectivity index (χ2n) is 4.99. The van der Waals surface area contributed by atoms with E-state index < -0.39 is 0 Å². The van der Waals surface area contributed by atoms with E-state index in [0.717, 1.165) is 31.7 Å². The average Bonchev–Trinajstić information content (AvgIpc) is 2.65. The number of piperidine rings is 1. The smallest absolute Gasteiger partial charge is 0.131 e. The van der Waals surface area contributed by atoms with E-state index in [4.69, 9.17) is 4.74 Å². The number of nitrogens with one attached hydrogen (secondary N) is 1. The van der Waals surface area contributed by atoms with E-state index in [0.29, 0.717) is 6.10 Å². The first-order valence-electron chi connectivity index (χ1n) is 6.62.